The molecule has 0 atom stereocenters. The first kappa shape index (κ1) is 16.6. The van der Waals surface area contributed by atoms with Gasteiger partial charge < -0.3 is 10.2 Å². The number of halogens is 1. The number of pyridine rings is 1. The summed E-state index contributed by atoms with van der Waals surface area (Å²) in [5.74, 6) is 1.71. The van der Waals surface area contributed by atoms with Gasteiger partial charge in [0.25, 0.3) is 0 Å². The van der Waals surface area contributed by atoms with Crippen LogP contribution in [0.4, 0.5) is 5.82 Å². The minimum Gasteiger partial charge on any atom is -0.358 e. The van der Waals surface area contributed by atoms with Crippen molar-refractivity contribution >= 4 is 17.4 Å². The zero-order valence-electron chi connectivity index (χ0n) is 13.7. The van der Waals surface area contributed by atoms with Crippen LogP contribution in [-0.2, 0) is 6.54 Å². The molecule has 0 radical (unpaired) electrons. The third kappa shape index (κ3) is 5.15. The first-order valence-electron chi connectivity index (χ1n) is 7.96. The normalized spacial score (nSPS) is 16.4. The van der Waals surface area contributed by atoms with E-state index in [-0.39, 0.29) is 5.54 Å². The van der Waals surface area contributed by atoms with Gasteiger partial charge in [0.2, 0.25) is 0 Å². The lowest BCUT2D eigenvalue weighted by molar-refractivity contribution is 0.424. The summed E-state index contributed by atoms with van der Waals surface area (Å²) in [5.41, 5.74) is 1.23. The summed E-state index contributed by atoms with van der Waals surface area (Å²) in [6, 6.07) is 2.04. The van der Waals surface area contributed by atoms with E-state index in [0.717, 1.165) is 35.4 Å². The van der Waals surface area contributed by atoms with Gasteiger partial charge in [0.15, 0.2) is 0 Å². The molecule has 0 aliphatic heterocycles. The minimum atomic E-state index is 0.102. The van der Waals surface area contributed by atoms with Crippen molar-refractivity contribution in [2.75, 3.05) is 18.5 Å². The number of nitrogens with zero attached hydrogens (tertiary/aromatic N) is 2. The largest absolute Gasteiger partial charge is 0.358 e. The molecule has 21 heavy (non-hydrogen) atoms. The number of aromatic nitrogens is 1. The predicted octanol–water partition coefficient (Wildman–Crippen LogP) is 4.25. The van der Waals surface area contributed by atoms with Gasteiger partial charge in [-0.1, -0.05) is 24.4 Å². The van der Waals surface area contributed by atoms with Crippen LogP contribution in [0.3, 0.4) is 0 Å². The van der Waals surface area contributed by atoms with Gasteiger partial charge in [-0.25, -0.2) is 4.98 Å². The van der Waals surface area contributed by atoms with Crippen molar-refractivity contribution in [1.29, 1.82) is 0 Å². The molecule has 0 saturated heterocycles. The maximum Gasteiger partial charge on any atom is 0.147 e. The van der Waals surface area contributed by atoms with E-state index in [9.17, 15) is 0 Å². The van der Waals surface area contributed by atoms with E-state index in [1.165, 1.54) is 25.7 Å². The van der Waals surface area contributed by atoms with Crippen LogP contribution in [0.1, 0.15) is 52.0 Å². The molecule has 0 bridgehead atoms. The molecule has 0 spiro atoms. The minimum absolute atomic E-state index is 0.102. The molecule has 0 amide bonds. The molecule has 1 heterocycles. The highest BCUT2D eigenvalue weighted by atomic mass is 35.5. The second-order valence-electron chi connectivity index (χ2n) is 7.28. The third-order valence-corrected chi connectivity index (χ3v) is 4.35. The van der Waals surface area contributed by atoms with Crippen LogP contribution in [0, 0.1) is 5.92 Å². The van der Waals surface area contributed by atoms with Crippen LogP contribution in [0.2, 0.25) is 5.02 Å². The summed E-state index contributed by atoms with van der Waals surface area (Å²) in [7, 11) is 2.10. The van der Waals surface area contributed by atoms with Crippen molar-refractivity contribution in [1.82, 2.24) is 10.3 Å². The van der Waals surface area contributed by atoms with Crippen LogP contribution >= 0.6 is 11.6 Å². The Morgan fingerprint density at radius 2 is 2.00 bits per heavy atom. The first-order chi connectivity index (χ1) is 9.85. The van der Waals surface area contributed by atoms with Crippen molar-refractivity contribution in [2.45, 2.75) is 58.5 Å². The second kappa shape index (κ2) is 6.97. The van der Waals surface area contributed by atoms with E-state index in [4.69, 9.17) is 11.6 Å². The number of hydrogen-bond acceptors (Lipinski definition) is 3. The topological polar surface area (TPSA) is 28.2 Å². The van der Waals surface area contributed by atoms with E-state index >= 15 is 0 Å². The van der Waals surface area contributed by atoms with E-state index in [1.807, 2.05) is 12.3 Å². The summed E-state index contributed by atoms with van der Waals surface area (Å²) < 4.78 is 0. The number of anilines is 1. The SMILES string of the molecule is CN(CC1CCCC1)c1ncc(CNC(C)(C)C)cc1Cl. The van der Waals surface area contributed by atoms with Crippen LogP contribution in [0.15, 0.2) is 12.3 Å². The van der Waals surface area contributed by atoms with E-state index in [2.05, 4.69) is 43.0 Å². The second-order valence-corrected chi connectivity index (χ2v) is 7.69. The van der Waals surface area contributed by atoms with E-state index < -0.39 is 0 Å². The van der Waals surface area contributed by atoms with Crippen molar-refractivity contribution in [2.24, 2.45) is 5.92 Å². The predicted molar refractivity (Wildman–Crippen MR) is 91.1 cm³/mol. The fourth-order valence-electron chi connectivity index (χ4n) is 2.88. The molecule has 2 rings (SSSR count). The molecular weight excluding hydrogens is 282 g/mol. The highest BCUT2D eigenvalue weighted by molar-refractivity contribution is 6.33. The van der Waals surface area contributed by atoms with Gasteiger partial charge in [-0.15, -0.1) is 0 Å². The maximum absolute atomic E-state index is 6.43. The lowest BCUT2D eigenvalue weighted by Crippen LogP contribution is -2.35. The van der Waals surface area contributed by atoms with Gasteiger partial charge in [0, 0.05) is 31.9 Å². The highest BCUT2D eigenvalue weighted by Gasteiger charge is 2.19. The molecule has 1 aromatic heterocycles. The number of nitrogens with one attached hydrogen (secondary N) is 1. The van der Waals surface area contributed by atoms with Crippen molar-refractivity contribution in [3.8, 4) is 0 Å². The van der Waals surface area contributed by atoms with Crippen LogP contribution in [0.5, 0.6) is 0 Å². The fourth-order valence-corrected chi connectivity index (χ4v) is 3.22. The first-order valence-corrected chi connectivity index (χ1v) is 8.33. The van der Waals surface area contributed by atoms with Crippen LogP contribution < -0.4 is 10.2 Å². The van der Waals surface area contributed by atoms with E-state index in [0.29, 0.717) is 0 Å². The molecule has 0 unspecified atom stereocenters. The molecule has 0 aromatic carbocycles. The molecule has 3 nitrogen and oxygen atoms in total. The molecule has 1 fully saturated rings. The van der Waals surface area contributed by atoms with Gasteiger partial charge in [0.1, 0.15) is 5.82 Å². The molecule has 1 aromatic rings. The van der Waals surface area contributed by atoms with Crippen molar-refractivity contribution in [3.63, 3.8) is 0 Å². The Morgan fingerprint density at radius 3 is 2.57 bits per heavy atom. The smallest absolute Gasteiger partial charge is 0.147 e. The quantitative estimate of drug-likeness (QED) is 0.881. The van der Waals surface area contributed by atoms with E-state index in [1.54, 1.807) is 0 Å². The van der Waals surface area contributed by atoms with Gasteiger partial charge in [-0.3, -0.25) is 0 Å². The summed E-state index contributed by atoms with van der Waals surface area (Å²) in [6.45, 7) is 8.33. The Bertz CT molecular complexity index is 462. The Morgan fingerprint density at radius 1 is 1.33 bits per heavy atom. The Kier molecular flexibility index (Phi) is 5.50. The highest BCUT2D eigenvalue weighted by Crippen LogP contribution is 2.29. The molecular formula is C17H28ClN3. The molecule has 1 aliphatic carbocycles. The zero-order chi connectivity index (χ0) is 15.5. The lowest BCUT2D eigenvalue weighted by atomic mass is 10.1. The summed E-state index contributed by atoms with van der Waals surface area (Å²) >= 11 is 6.43. The van der Waals surface area contributed by atoms with Gasteiger partial charge >= 0.3 is 0 Å². The van der Waals surface area contributed by atoms with Gasteiger partial charge in [-0.05, 0) is 51.2 Å². The standard InChI is InChI=1S/C17H28ClN3/c1-17(2,3)20-11-14-9-15(18)16(19-10-14)21(4)12-13-7-5-6-8-13/h9-10,13,20H,5-8,11-12H2,1-4H3. The third-order valence-electron chi connectivity index (χ3n) is 4.07. The monoisotopic (exact) mass is 309 g/mol. The molecule has 118 valence electrons. The average Bonchev–Trinajstić information content (AvgIpc) is 2.88. The molecule has 1 aliphatic rings. The summed E-state index contributed by atoms with van der Waals surface area (Å²) in [5, 5.41) is 4.21. The molecule has 4 heteroatoms. The fraction of sp³-hybridized carbons (Fsp3) is 0.706. The molecule has 1 saturated carbocycles. The molecule has 1 N–H and O–H groups in total. The Labute approximate surface area is 134 Å². The van der Waals surface area contributed by atoms with Crippen LogP contribution in [0.25, 0.3) is 0 Å². The lowest BCUT2D eigenvalue weighted by Gasteiger charge is -2.24. The Balaban J connectivity index is 1.97. The zero-order valence-corrected chi connectivity index (χ0v) is 14.5. The number of rotatable bonds is 5. The van der Waals surface area contributed by atoms with Gasteiger partial charge in [-0.2, -0.15) is 0 Å². The summed E-state index contributed by atoms with van der Waals surface area (Å²) in [6.07, 6.45) is 7.37. The van der Waals surface area contributed by atoms with Crippen LogP contribution in [-0.4, -0.2) is 24.1 Å². The average molecular weight is 310 g/mol. The Hall–Kier alpha value is -0.800. The maximum atomic E-state index is 6.43. The number of hydrogen-bond donors (Lipinski definition) is 1. The van der Waals surface area contributed by atoms with Crippen molar-refractivity contribution in [3.05, 3.63) is 22.8 Å². The summed E-state index contributed by atoms with van der Waals surface area (Å²) in [4.78, 5) is 6.78. The van der Waals surface area contributed by atoms with Crippen molar-refractivity contribution < 1.29 is 0 Å². The van der Waals surface area contributed by atoms with Gasteiger partial charge in [0.05, 0.1) is 5.02 Å².